The normalized spacial score (nSPS) is 22.6. The molecule has 0 fully saturated rings. The molecule has 0 spiro atoms. The maximum Gasteiger partial charge on any atom is 0.106 e. The van der Waals surface area contributed by atoms with Gasteiger partial charge in [0.15, 0.2) is 0 Å². The molecule has 0 heterocycles. The minimum Gasteiger partial charge on any atom is -0.399 e. The smallest absolute Gasteiger partial charge is 0.106 e. The van der Waals surface area contributed by atoms with Crippen molar-refractivity contribution in [3.05, 3.63) is 12.2 Å². The van der Waals surface area contributed by atoms with E-state index in [2.05, 4.69) is 16.1 Å². The summed E-state index contributed by atoms with van der Waals surface area (Å²) in [6, 6.07) is 0. The van der Waals surface area contributed by atoms with Crippen LogP contribution in [0.2, 0.25) is 0 Å². The summed E-state index contributed by atoms with van der Waals surface area (Å²) in [6.07, 6.45) is 7.60. The molecule has 1 aliphatic rings. The van der Waals surface area contributed by atoms with E-state index in [4.69, 9.17) is 0 Å². The zero-order valence-electron chi connectivity index (χ0n) is 5.63. The monoisotopic (exact) mass is 125 g/mol. The van der Waals surface area contributed by atoms with Gasteiger partial charge in [0.05, 0.1) is 5.71 Å². The van der Waals surface area contributed by atoms with Crippen LogP contribution in [0.4, 0.5) is 0 Å². The fourth-order valence-electron chi connectivity index (χ4n) is 0.897. The Labute approximate surface area is 55.2 Å². The highest BCUT2D eigenvalue weighted by molar-refractivity contribution is 5.95. The van der Waals surface area contributed by atoms with Gasteiger partial charge in [-0.2, -0.15) is 0 Å². The average Bonchev–Trinajstić information content (AvgIpc) is 1.91. The molecule has 0 radical (unpaired) electrons. The van der Waals surface area contributed by atoms with Gasteiger partial charge in [-0.1, -0.05) is 11.2 Å². The second-order valence-corrected chi connectivity index (χ2v) is 2.06. The molecule has 0 unspecified atom stereocenters. The first-order valence-corrected chi connectivity index (χ1v) is 3.20. The highest BCUT2D eigenvalue weighted by Gasteiger charge is 1.98. The van der Waals surface area contributed by atoms with Crippen LogP contribution in [0.1, 0.15) is 19.3 Å². The lowest BCUT2D eigenvalue weighted by Gasteiger charge is -2.03. The van der Waals surface area contributed by atoms with Crippen molar-refractivity contribution in [2.24, 2.45) is 5.16 Å². The summed E-state index contributed by atoms with van der Waals surface area (Å²) < 4.78 is 0. The quantitative estimate of drug-likeness (QED) is 0.489. The fourth-order valence-corrected chi connectivity index (χ4v) is 0.897. The zero-order chi connectivity index (χ0) is 6.53. The maximum absolute atomic E-state index is 4.62. The first-order chi connectivity index (χ1) is 4.43. The van der Waals surface area contributed by atoms with Crippen LogP contribution in [0.5, 0.6) is 0 Å². The maximum atomic E-state index is 4.62. The molecule has 0 aliphatic heterocycles. The van der Waals surface area contributed by atoms with Gasteiger partial charge >= 0.3 is 0 Å². The standard InChI is InChI=1S/C7H11NO/c1-9-8-7-5-3-2-4-6-7/h3,5H,2,4,6H2,1H3/b8-7-. The predicted molar refractivity (Wildman–Crippen MR) is 37.4 cm³/mol. The van der Waals surface area contributed by atoms with E-state index in [1.807, 2.05) is 6.08 Å². The van der Waals surface area contributed by atoms with Crippen LogP contribution in [0.15, 0.2) is 17.3 Å². The van der Waals surface area contributed by atoms with Crippen LogP contribution in [0.25, 0.3) is 0 Å². The number of rotatable bonds is 1. The number of hydrogen-bond donors (Lipinski definition) is 0. The Morgan fingerprint density at radius 2 is 2.56 bits per heavy atom. The molecule has 0 aromatic rings. The van der Waals surface area contributed by atoms with Gasteiger partial charge in [-0.3, -0.25) is 0 Å². The minimum atomic E-state index is 1.06. The second-order valence-electron chi connectivity index (χ2n) is 2.06. The van der Waals surface area contributed by atoms with Crippen molar-refractivity contribution in [1.29, 1.82) is 0 Å². The molecule has 1 rings (SSSR count). The number of hydrogen-bond acceptors (Lipinski definition) is 2. The molecule has 0 atom stereocenters. The van der Waals surface area contributed by atoms with Crippen molar-refractivity contribution in [3.8, 4) is 0 Å². The van der Waals surface area contributed by atoms with E-state index in [9.17, 15) is 0 Å². The topological polar surface area (TPSA) is 21.6 Å². The van der Waals surface area contributed by atoms with E-state index in [0.29, 0.717) is 0 Å². The molecule has 0 N–H and O–H groups in total. The fraction of sp³-hybridized carbons (Fsp3) is 0.571. The van der Waals surface area contributed by atoms with Crippen molar-refractivity contribution in [1.82, 2.24) is 0 Å². The minimum absolute atomic E-state index is 1.06. The second kappa shape index (κ2) is 3.28. The Balaban J connectivity index is 2.49. The van der Waals surface area contributed by atoms with Crippen molar-refractivity contribution in [2.75, 3.05) is 7.11 Å². The Hall–Kier alpha value is -0.790. The SMILES string of the molecule is CO/N=C1/C=CCCC1. The molecule has 0 saturated heterocycles. The highest BCUT2D eigenvalue weighted by Crippen LogP contribution is 2.06. The molecular formula is C7H11NO. The lowest BCUT2D eigenvalue weighted by molar-refractivity contribution is 0.213. The van der Waals surface area contributed by atoms with E-state index < -0.39 is 0 Å². The summed E-state index contributed by atoms with van der Waals surface area (Å²) in [7, 11) is 1.58. The Morgan fingerprint density at radius 1 is 1.67 bits per heavy atom. The third kappa shape index (κ3) is 1.88. The van der Waals surface area contributed by atoms with E-state index >= 15 is 0 Å². The molecule has 0 bridgehead atoms. The van der Waals surface area contributed by atoms with E-state index in [1.165, 1.54) is 12.8 Å². The van der Waals surface area contributed by atoms with E-state index in [-0.39, 0.29) is 0 Å². The molecule has 9 heavy (non-hydrogen) atoms. The zero-order valence-corrected chi connectivity index (χ0v) is 5.63. The summed E-state index contributed by atoms with van der Waals surface area (Å²) in [5.74, 6) is 0. The van der Waals surface area contributed by atoms with Gasteiger partial charge in [0, 0.05) is 0 Å². The van der Waals surface area contributed by atoms with Crippen molar-refractivity contribution in [3.63, 3.8) is 0 Å². The van der Waals surface area contributed by atoms with Gasteiger partial charge in [-0.05, 0) is 25.3 Å². The Kier molecular flexibility index (Phi) is 2.31. The summed E-state index contributed by atoms with van der Waals surface area (Å²) >= 11 is 0. The predicted octanol–water partition coefficient (Wildman–Crippen LogP) is 1.73. The van der Waals surface area contributed by atoms with Crippen LogP contribution in [-0.2, 0) is 4.84 Å². The lowest BCUT2D eigenvalue weighted by Crippen LogP contribution is -1.98. The molecule has 0 aromatic heterocycles. The van der Waals surface area contributed by atoms with Gasteiger partial charge in [-0.25, -0.2) is 0 Å². The average molecular weight is 125 g/mol. The van der Waals surface area contributed by atoms with Crippen molar-refractivity contribution >= 4 is 5.71 Å². The first kappa shape index (κ1) is 6.33. The summed E-state index contributed by atoms with van der Waals surface area (Å²) in [5, 5.41) is 3.81. The Morgan fingerprint density at radius 3 is 3.11 bits per heavy atom. The first-order valence-electron chi connectivity index (χ1n) is 3.20. The molecule has 2 heteroatoms. The third-order valence-electron chi connectivity index (χ3n) is 1.32. The van der Waals surface area contributed by atoms with Crippen molar-refractivity contribution < 1.29 is 4.84 Å². The Bertz CT molecular complexity index is 138. The summed E-state index contributed by atoms with van der Waals surface area (Å²) in [6.45, 7) is 0. The lowest BCUT2D eigenvalue weighted by atomic mass is 10.1. The third-order valence-corrected chi connectivity index (χ3v) is 1.32. The van der Waals surface area contributed by atoms with Gasteiger partial charge in [0.25, 0.3) is 0 Å². The van der Waals surface area contributed by atoms with Crippen LogP contribution < -0.4 is 0 Å². The largest absolute Gasteiger partial charge is 0.399 e. The molecule has 1 aliphatic carbocycles. The van der Waals surface area contributed by atoms with Gasteiger partial charge in [0.2, 0.25) is 0 Å². The van der Waals surface area contributed by atoms with Gasteiger partial charge < -0.3 is 4.84 Å². The molecule has 0 aromatic carbocycles. The highest BCUT2D eigenvalue weighted by atomic mass is 16.6. The van der Waals surface area contributed by atoms with E-state index in [0.717, 1.165) is 12.1 Å². The molecule has 0 amide bonds. The number of oxime groups is 1. The van der Waals surface area contributed by atoms with Crippen LogP contribution in [0.3, 0.4) is 0 Å². The van der Waals surface area contributed by atoms with Crippen LogP contribution >= 0.6 is 0 Å². The van der Waals surface area contributed by atoms with Crippen LogP contribution in [0, 0.1) is 0 Å². The molecule has 2 nitrogen and oxygen atoms in total. The number of allylic oxidation sites excluding steroid dienone is 2. The molecule has 0 saturated carbocycles. The van der Waals surface area contributed by atoms with Gasteiger partial charge in [-0.15, -0.1) is 0 Å². The summed E-state index contributed by atoms with van der Waals surface area (Å²) in [4.78, 5) is 4.62. The molecule has 50 valence electrons. The van der Waals surface area contributed by atoms with Crippen molar-refractivity contribution in [2.45, 2.75) is 19.3 Å². The number of nitrogens with zero attached hydrogens (tertiary/aromatic N) is 1. The van der Waals surface area contributed by atoms with E-state index in [1.54, 1.807) is 7.11 Å². The van der Waals surface area contributed by atoms with Gasteiger partial charge in [0.1, 0.15) is 7.11 Å². The van der Waals surface area contributed by atoms with Crippen LogP contribution in [-0.4, -0.2) is 12.8 Å². The molecular weight excluding hydrogens is 114 g/mol. The summed E-state index contributed by atoms with van der Waals surface area (Å²) in [5.41, 5.74) is 1.06.